The van der Waals surface area contributed by atoms with E-state index in [2.05, 4.69) is 56.7 Å². The third-order valence-electron chi connectivity index (χ3n) is 7.04. The molecule has 10 nitrogen and oxygen atoms in total. The number of likely N-dealkylation sites (N-methyl/N-ethyl adjacent to an activating group) is 1. The smallest absolute Gasteiger partial charge is 0.247 e. The molecule has 0 spiro atoms. The molecular weight excluding hydrogens is 549 g/mol. The summed E-state index contributed by atoms with van der Waals surface area (Å²) >= 11 is 6.04. The molecule has 1 amide bonds. The van der Waals surface area contributed by atoms with Crippen molar-refractivity contribution < 1.29 is 19.0 Å². The Morgan fingerprint density at radius 2 is 2.02 bits per heavy atom. The number of amides is 1. The zero-order valence-corrected chi connectivity index (χ0v) is 24.7. The maximum Gasteiger partial charge on any atom is 0.247 e. The standard InChI is InChI=1S/C29H37ClFN7O3/c1-7-27(39)34-22-14-23(25(41-6)15-24(22)38-11-9-17(16-38)37(4)5)35-28-32-10-8-26(36-28)33-21-13-19(30)20(31)12-18(21)29(2,3)40/h7-8,12-15,17,33,40H,1,9-11,16H2,2-6H3,(H,34,39)(H2,32,35,36)/t17-/m1/s1. The zero-order valence-electron chi connectivity index (χ0n) is 23.9. The summed E-state index contributed by atoms with van der Waals surface area (Å²) < 4.78 is 19.9. The monoisotopic (exact) mass is 585 g/mol. The summed E-state index contributed by atoms with van der Waals surface area (Å²) in [5.74, 6) is 0.582. The molecule has 1 atom stereocenters. The van der Waals surface area contributed by atoms with Gasteiger partial charge < -0.3 is 40.9 Å². The van der Waals surface area contributed by atoms with Crippen LogP contribution in [0.15, 0.2) is 53.8 Å². The topological polar surface area (TPSA) is 113 Å². The lowest BCUT2D eigenvalue weighted by Gasteiger charge is -2.27. The Labute approximate surface area is 244 Å². The van der Waals surface area contributed by atoms with Crippen molar-refractivity contribution in [2.45, 2.75) is 31.9 Å². The number of methoxy groups -OCH3 is 1. The highest BCUT2D eigenvalue weighted by Crippen LogP contribution is 2.39. The minimum atomic E-state index is -1.32. The summed E-state index contributed by atoms with van der Waals surface area (Å²) in [6.45, 7) is 8.71. The molecule has 220 valence electrons. The fourth-order valence-electron chi connectivity index (χ4n) is 4.79. The van der Waals surface area contributed by atoms with Gasteiger partial charge in [0.25, 0.3) is 0 Å². The van der Waals surface area contributed by atoms with E-state index in [9.17, 15) is 14.3 Å². The van der Waals surface area contributed by atoms with Crippen LogP contribution in [0.25, 0.3) is 0 Å². The zero-order chi connectivity index (χ0) is 29.9. The molecule has 0 aromatic heterocycles. The number of benzene rings is 2. The van der Waals surface area contributed by atoms with Gasteiger partial charge in [0.1, 0.15) is 17.4 Å². The number of aliphatic imine (C=N–C) groups is 1. The van der Waals surface area contributed by atoms with E-state index in [4.69, 9.17) is 16.3 Å². The minimum absolute atomic E-state index is 0.0715. The van der Waals surface area contributed by atoms with Crippen molar-refractivity contribution in [3.8, 4) is 5.75 Å². The maximum atomic E-state index is 14.2. The highest BCUT2D eigenvalue weighted by molar-refractivity contribution is 6.31. The number of hydrogen-bond acceptors (Lipinski definition) is 9. The van der Waals surface area contributed by atoms with Crippen LogP contribution in [0.3, 0.4) is 0 Å². The van der Waals surface area contributed by atoms with E-state index in [0.29, 0.717) is 52.7 Å². The summed E-state index contributed by atoms with van der Waals surface area (Å²) in [5.41, 5.74) is 1.51. The number of guanidine groups is 1. The number of nitrogens with zero attached hydrogens (tertiary/aromatic N) is 3. The van der Waals surface area contributed by atoms with Crippen LogP contribution in [0.5, 0.6) is 5.75 Å². The first-order valence-electron chi connectivity index (χ1n) is 13.2. The summed E-state index contributed by atoms with van der Waals surface area (Å²) in [6, 6.07) is 6.75. The van der Waals surface area contributed by atoms with Gasteiger partial charge in [-0.25, -0.2) is 9.38 Å². The molecule has 0 saturated carbocycles. The van der Waals surface area contributed by atoms with Gasteiger partial charge in [-0.15, -0.1) is 0 Å². The fraction of sp³-hybridized carbons (Fsp3) is 0.379. The first kappa shape index (κ1) is 30.2. The van der Waals surface area contributed by atoms with E-state index >= 15 is 0 Å². The SMILES string of the molecule is C=CC(=O)Nc1cc(NC2=NCC=C(Nc3cc(Cl)c(F)cc3C(C)(C)O)N2)c(OC)cc1N1CC[C@@H](N(C)C)C1. The predicted molar refractivity (Wildman–Crippen MR) is 164 cm³/mol. The molecule has 12 heteroatoms. The number of rotatable bonds is 9. The number of aliphatic hydroxyl groups is 1. The largest absolute Gasteiger partial charge is 0.494 e. The van der Waals surface area contributed by atoms with E-state index in [-0.39, 0.29) is 10.9 Å². The molecule has 2 aromatic rings. The Kier molecular flexibility index (Phi) is 9.11. The number of nitrogens with one attached hydrogen (secondary N) is 4. The van der Waals surface area contributed by atoms with Gasteiger partial charge in [-0.1, -0.05) is 18.2 Å². The van der Waals surface area contributed by atoms with Gasteiger partial charge in [-0.05, 0) is 64.7 Å². The first-order chi connectivity index (χ1) is 19.4. The molecule has 0 radical (unpaired) electrons. The minimum Gasteiger partial charge on any atom is -0.494 e. The summed E-state index contributed by atoms with van der Waals surface area (Å²) in [6.07, 6.45) is 4.04. The van der Waals surface area contributed by atoms with Gasteiger partial charge in [-0.3, -0.25) is 4.79 Å². The molecular formula is C29H37ClFN7O3. The lowest BCUT2D eigenvalue weighted by molar-refractivity contribution is -0.111. The molecule has 1 fully saturated rings. The van der Waals surface area contributed by atoms with E-state index in [1.807, 2.05) is 6.07 Å². The number of carbonyl (C=O) groups excluding carboxylic acids is 1. The van der Waals surface area contributed by atoms with Crippen molar-refractivity contribution in [1.29, 1.82) is 0 Å². The van der Waals surface area contributed by atoms with Crippen LogP contribution < -0.4 is 30.9 Å². The Morgan fingerprint density at radius 1 is 1.27 bits per heavy atom. The third-order valence-corrected chi connectivity index (χ3v) is 7.32. The van der Waals surface area contributed by atoms with E-state index in [1.165, 1.54) is 18.2 Å². The van der Waals surface area contributed by atoms with Crippen LogP contribution in [-0.4, -0.2) is 68.8 Å². The van der Waals surface area contributed by atoms with Crippen molar-refractivity contribution in [3.63, 3.8) is 0 Å². The second-order valence-corrected chi connectivity index (χ2v) is 11.1. The van der Waals surface area contributed by atoms with Gasteiger partial charge in [0.2, 0.25) is 11.9 Å². The van der Waals surface area contributed by atoms with Crippen LogP contribution in [-0.2, 0) is 10.4 Å². The molecule has 0 aliphatic carbocycles. The lowest BCUT2D eigenvalue weighted by atomic mass is 9.96. The number of carbonyl (C=O) groups is 1. The van der Waals surface area contributed by atoms with Crippen LogP contribution in [0.4, 0.5) is 27.1 Å². The third kappa shape index (κ3) is 7.10. The quantitative estimate of drug-likeness (QED) is 0.277. The van der Waals surface area contributed by atoms with Crippen LogP contribution in [0.2, 0.25) is 5.02 Å². The lowest BCUT2D eigenvalue weighted by Crippen LogP contribution is -2.36. The van der Waals surface area contributed by atoms with Crippen molar-refractivity contribution >= 4 is 46.2 Å². The van der Waals surface area contributed by atoms with Crippen LogP contribution in [0, 0.1) is 5.82 Å². The number of hydrogen-bond donors (Lipinski definition) is 5. The molecule has 2 heterocycles. The predicted octanol–water partition coefficient (Wildman–Crippen LogP) is 4.30. The molecule has 2 aliphatic heterocycles. The fourth-order valence-corrected chi connectivity index (χ4v) is 4.96. The van der Waals surface area contributed by atoms with E-state index < -0.39 is 11.4 Å². The number of halogens is 2. The van der Waals surface area contributed by atoms with Gasteiger partial charge >= 0.3 is 0 Å². The van der Waals surface area contributed by atoms with Crippen molar-refractivity contribution in [2.24, 2.45) is 4.99 Å². The van der Waals surface area contributed by atoms with E-state index in [1.54, 1.807) is 33.1 Å². The van der Waals surface area contributed by atoms with Crippen molar-refractivity contribution in [1.82, 2.24) is 10.2 Å². The average Bonchev–Trinajstić information content (AvgIpc) is 3.41. The normalized spacial score (nSPS) is 17.0. The van der Waals surface area contributed by atoms with Gasteiger partial charge in [-0.2, -0.15) is 0 Å². The van der Waals surface area contributed by atoms with Gasteiger partial charge in [0.15, 0.2) is 0 Å². The van der Waals surface area contributed by atoms with Crippen molar-refractivity contribution in [2.75, 3.05) is 61.7 Å². The van der Waals surface area contributed by atoms with Crippen LogP contribution in [0.1, 0.15) is 25.8 Å². The number of anilines is 4. The van der Waals surface area contributed by atoms with Crippen molar-refractivity contribution in [3.05, 3.63) is 65.2 Å². The van der Waals surface area contributed by atoms with E-state index in [0.717, 1.165) is 25.2 Å². The second kappa shape index (κ2) is 12.4. The summed E-state index contributed by atoms with van der Waals surface area (Å²) in [5, 5.41) is 23.0. The Balaban J connectivity index is 1.58. The maximum absolute atomic E-state index is 14.2. The second-order valence-electron chi connectivity index (χ2n) is 10.7. The highest BCUT2D eigenvalue weighted by Gasteiger charge is 2.28. The molecule has 2 aromatic carbocycles. The average molecular weight is 586 g/mol. The molecule has 0 unspecified atom stereocenters. The first-order valence-corrected chi connectivity index (χ1v) is 13.6. The molecule has 0 bridgehead atoms. The molecule has 1 saturated heterocycles. The molecule has 2 aliphatic rings. The van der Waals surface area contributed by atoms with Gasteiger partial charge in [0, 0.05) is 36.4 Å². The molecule has 41 heavy (non-hydrogen) atoms. The molecule has 4 rings (SSSR count). The summed E-state index contributed by atoms with van der Waals surface area (Å²) in [4.78, 5) is 21.3. The van der Waals surface area contributed by atoms with Gasteiger partial charge in [0.05, 0.1) is 41.3 Å². The summed E-state index contributed by atoms with van der Waals surface area (Å²) in [7, 11) is 5.71. The number of ether oxygens (including phenoxy) is 1. The Morgan fingerprint density at radius 3 is 2.66 bits per heavy atom. The highest BCUT2D eigenvalue weighted by atomic mass is 35.5. The molecule has 5 N–H and O–H groups in total. The Bertz CT molecular complexity index is 1390. The Hall–Kier alpha value is -3.80. The van der Waals surface area contributed by atoms with Crippen LogP contribution >= 0.6 is 11.6 Å².